The molecule has 0 saturated carbocycles. The minimum atomic E-state index is -0.0878. The van der Waals surface area contributed by atoms with Gasteiger partial charge in [-0.2, -0.15) is 0 Å². The topological polar surface area (TPSA) is 52.6 Å². The predicted molar refractivity (Wildman–Crippen MR) is 84.3 cm³/mol. The molecular formula is C17H26N2O2. The number of nitrogens with zero attached hydrogens (tertiary/aromatic N) is 1. The van der Waals surface area contributed by atoms with Crippen LogP contribution in [0.1, 0.15) is 38.2 Å². The molecule has 0 spiro atoms. The fourth-order valence-electron chi connectivity index (χ4n) is 3.12. The summed E-state index contributed by atoms with van der Waals surface area (Å²) in [4.78, 5) is 14.5. The third-order valence-electron chi connectivity index (χ3n) is 4.41. The Balaban J connectivity index is 1.93. The minimum absolute atomic E-state index is 0.0878. The van der Waals surface area contributed by atoms with E-state index in [1.807, 2.05) is 24.1 Å². The maximum atomic E-state index is 12.5. The van der Waals surface area contributed by atoms with E-state index < -0.39 is 0 Å². The quantitative estimate of drug-likeness (QED) is 0.895. The molecule has 2 rings (SSSR count). The zero-order valence-electron chi connectivity index (χ0n) is 13.2. The normalized spacial score (nSPS) is 18.0. The predicted octanol–water partition coefficient (Wildman–Crippen LogP) is 2.34. The SMILES string of the molecule is CN[C@@H](C(=O)N1CCC(c2ccc(O)cc2)CC1)C(C)C. The highest BCUT2D eigenvalue weighted by Gasteiger charge is 2.29. The van der Waals surface area contributed by atoms with Crippen molar-refractivity contribution in [3.05, 3.63) is 29.8 Å². The Labute approximate surface area is 127 Å². The molecule has 1 fully saturated rings. The van der Waals surface area contributed by atoms with Gasteiger partial charge in [0.25, 0.3) is 0 Å². The van der Waals surface area contributed by atoms with Crippen molar-refractivity contribution in [2.24, 2.45) is 5.92 Å². The molecule has 0 bridgehead atoms. The number of benzene rings is 1. The Morgan fingerprint density at radius 2 is 1.81 bits per heavy atom. The van der Waals surface area contributed by atoms with Gasteiger partial charge in [-0.1, -0.05) is 26.0 Å². The van der Waals surface area contributed by atoms with Crippen LogP contribution in [-0.4, -0.2) is 42.1 Å². The Hall–Kier alpha value is -1.55. The molecule has 0 radical (unpaired) electrons. The molecule has 1 aliphatic rings. The van der Waals surface area contributed by atoms with Crippen LogP contribution < -0.4 is 5.32 Å². The molecule has 0 aliphatic carbocycles. The van der Waals surface area contributed by atoms with Gasteiger partial charge in [0.05, 0.1) is 6.04 Å². The molecule has 1 aromatic rings. The van der Waals surface area contributed by atoms with Gasteiger partial charge in [0.2, 0.25) is 5.91 Å². The van der Waals surface area contributed by atoms with Crippen LogP contribution >= 0.6 is 0 Å². The Morgan fingerprint density at radius 3 is 2.29 bits per heavy atom. The molecule has 0 unspecified atom stereocenters. The van der Waals surface area contributed by atoms with Crippen molar-refractivity contribution >= 4 is 5.91 Å². The number of hydrogen-bond donors (Lipinski definition) is 2. The summed E-state index contributed by atoms with van der Waals surface area (Å²) in [6.45, 7) is 5.77. The average molecular weight is 290 g/mol. The molecule has 4 nitrogen and oxygen atoms in total. The lowest BCUT2D eigenvalue weighted by molar-refractivity contribution is -0.135. The van der Waals surface area contributed by atoms with Gasteiger partial charge >= 0.3 is 0 Å². The van der Waals surface area contributed by atoms with Crippen molar-refractivity contribution in [2.75, 3.05) is 20.1 Å². The van der Waals surface area contributed by atoms with E-state index in [-0.39, 0.29) is 11.9 Å². The molecule has 1 amide bonds. The number of phenolic OH excluding ortho intramolecular Hbond substituents is 1. The van der Waals surface area contributed by atoms with Crippen LogP contribution in [0.2, 0.25) is 0 Å². The van der Waals surface area contributed by atoms with Crippen LogP contribution in [0.15, 0.2) is 24.3 Å². The Kier molecular flexibility index (Phi) is 5.23. The summed E-state index contributed by atoms with van der Waals surface area (Å²) in [7, 11) is 1.85. The second kappa shape index (κ2) is 6.94. The molecule has 1 saturated heterocycles. The van der Waals surface area contributed by atoms with Crippen molar-refractivity contribution in [1.29, 1.82) is 0 Å². The summed E-state index contributed by atoms with van der Waals surface area (Å²) < 4.78 is 0. The molecular weight excluding hydrogens is 264 g/mol. The molecule has 1 aromatic carbocycles. The maximum Gasteiger partial charge on any atom is 0.239 e. The lowest BCUT2D eigenvalue weighted by Gasteiger charge is -2.35. The first-order valence-electron chi connectivity index (χ1n) is 7.78. The van der Waals surface area contributed by atoms with Crippen LogP contribution in [0.3, 0.4) is 0 Å². The number of carbonyl (C=O) groups is 1. The number of nitrogens with one attached hydrogen (secondary N) is 1. The highest BCUT2D eigenvalue weighted by molar-refractivity contribution is 5.82. The first kappa shape index (κ1) is 15.8. The van der Waals surface area contributed by atoms with E-state index in [9.17, 15) is 9.90 Å². The third kappa shape index (κ3) is 3.76. The van der Waals surface area contributed by atoms with E-state index in [1.54, 1.807) is 12.1 Å². The van der Waals surface area contributed by atoms with Crippen LogP contribution in [-0.2, 0) is 4.79 Å². The van der Waals surface area contributed by atoms with Gasteiger partial charge in [-0.3, -0.25) is 4.79 Å². The summed E-state index contributed by atoms with van der Waals surface area (Å²) in [6, 6.07) is 7.37. The van der Waals surface area contributed by atoms with Crippen LogP contribution in [0.5, 0.6) is 5.75 Å². The Morgan fingerprint density at radius 1 is 1.24 bits per heavy atom. The first-order chi connectivity index (χ1) is 10.0. The zero-order chi connectivity index (χ0) is 15.4. The number of amides is 1. The van der Waals surface area contributed by atoms with Crippen molar-refractivity contribution in [1.82, 2.24) is 10.2 Å². The van der Waals surface area contributed by atoms with Gasteiger partial charge in [-0.05, 0) is 49.4 Å². The van der Waals surface area contributed by atoms with E-state index >= 15 is 0 Å². The summed E-state index contributed by atoms with van der Waals surface area (Å²) in [5.41, 5.74) is 1.26. The molecule has 116 valence electrons. The lowest BCUT2D eigenvalue weighted by Crippen LogP contribution is -2.50. The average Bonchev–Trinajstić information content (AvgIpc) is 2.48. The monoisotopic (exact) mass is 290 g/mol. The fraction of sp³-hybridized carbons (Fsp3) is 0.588. The lowest BCUT2D eigenvalue weighted by atomic mass is 9.89. The second-order valence-electron chi connectivity index (χ2n) is 6.20. The van der Waals surface area contributed by atoms with E-state index in [4.69, 9.17) is 0 Å². The van der Waals surface area contributed by atoms with Gasteiger partial charge in [-0.15, -0.1) is 0 Å². The number of piperidine rings is 1. The summed E-state index contributed by atoms with van der Waals surface area (Å²) in [5.74, 6) is 1.32. The summed E-state index contributed by atoms with van der Waals surface area (Å²) >= 11 is 0. The minimum Gasteiger partial charge on any atom is -0.508 e. The molecule has 0 aromatic heterocycles. The van der Waals surface area contributed by atoms with Crippen molar-refractivity contribution in [3.63, 3.8) is 0 Å². The van der Waals surface area contributed by atoms with Crippen molar-refractivity contribution in [2.45, 2.75) is 38.6 Å². The standard InChI is InChI=1S/C17H26N2O2/c1-12(2)16(18-3)17(21)19-10-8-14(9-11-19)13-4-6-15(20)7-5-13/h4-7,12,14,16,18,20H,8-11H2,1-3H3/t16-/m1/s1. The fourth-order valence-corrected chi connectivity index (χ4v) is 3.12. The van der Waals surface area contributed by atoms with Gasteiger partial charge in [0.15, 0.2) is 0 Å². The molecule has 1 aliphatic heterocycles. The summed E-state index contributed by atoms with van der Waals surface area (Å²) in [6.07, 6.45) is 1.98. The van der Waals surface area contributed by atoms with Gasteiger partial charge < -0.3 is 15.3 Å². The maximum absolute atomic E-state index is 12.5. The van der Waals surface area contributed by atoms with Crippen molar-refractivity contribution in [3.8, 4) is 5.75 Å². The van der Waals surface area contributed by atoms with Crippen LogP contribution in [0, 0.1) is 5.92 Å². The number of phenols is 1. The van der Waals surface area contributed by atoms with Crippen LogP contribution in [0.4, 0.5) is 0 Å². The Bertz CT molecular complexity index is 462. The number of rotatable bonds is 4. The van der Waals surface area contributed by atoms with Gasteiger partial charge in [0.1, 0.15) is 5.75 Å². The molecule has 4 heteroatoms. The second-order valence-corrected chi connectivity index (χ2v) is 6.20. The van der Waals surface area contributed by atoms with E-state index in [0.717, 1.165) is 25.9 Å². The van der Waals surface area contributed by atoms with Crippen molar-refractivity contribution < 1.29 is 9.90 Å². The van der Waals surface area contributed by atoms with Gasteiger partial charge in [0, 0.05) is 13.1 Å². The van der Waals surface area contributed by atoms with Crippen LogP contribution in [0.25, 0.3) is 0 Å². The van der Waals surface area contributed by atoms with E-state index in [1.165, 1.54) is 5.56 Å². The zero-order valence-corrected chi connectivity index (χ0v) is 13.2. The summed E-state index contributed by atoms with van der Waals surface area (Å²) in [5, 5.41) is 12.5. The van der Waals surface area contributed by atoms with E-state index in [2.05, 4.69) is 19.2 Å². The molecule has 21 heavy (non-hydrogen) atoms. The highest BCUT2D eigenvalue weighted by Crippen LogP contribution is 2.29. The largest absolute Gasteiger partial charge is 0.508 e. The number of likely N-dealkylation sites (tertiary alicyclic amines) is 1. The molecule has 1 heterocycles. The smallest absolute Gasteiger partial charge is 0.239 e. The molecule has 2 N–H and O–H groups in total. The number of aromatic hydroxyl groups is 1. The number of hydrogen-bond acceptors (Lipinski definition) is 3. The van der Waals surface area contributed by atoms with E-state index in [0.29, 0.717) is 17.6 Å². The third-order valence-corrected chi connectivity index (χ3v) is 4.41. The number of carbonyl (C=O) groups excluding carboxylic acids is 1. The number of likely N-dealkylation sites (N-methyl/N-ethyl adjacent to an activating group) is 1. The molecule has 1 atom stereocenters. The first-order valence-corrected chi connectivity index (χ1v) is 7.78. The highest BCUT2D eigenvalue weighted by atomic mass is 16.3. The van der Waals surface area contributed by atoms with Gasteiger partial charge in [-0.25, -0.2) is 0 Å².